The zero-order chi connectivity index (χ0) is 24.0. The van der Waals surface area contributed by atoms with Crippen molar-refractivity contribution in [2.75, 3.05) is 25.4 Å². The molecule has 2 aliphatic rings. The fourth-order valence-corrected chi connectivity index (χ4v) is 6.49. The molecule has 2 fully saturated rings. The first kappa shape index (κ1) is 24.8. The summed E-state index contributed by atoms with van der Waals surface area (Å²) < 4.78 is 2.10. The van der Waals surface area contributed by atoms with Crippen molar-refractivity contribution in [1.29, 1.82) is 5.26 Å². The molecular formula is C28H29ClN6S. The largest absolute Gasteiger partial charge is 0.305 e. The van der Waals surface area contributed by atoms with Gasteiger partial charge in [-0.1, -0.05) is 42.1 Å². The highest BCUT2D eigenvalue weighted by atomic mass is 35.5. The van der Waals surface area contributed by atoms with E-state index in [0.29, 0.717) is 5.41 Å². The molecule has 1 saturated heterocycles. The van der Waals surface area contributed by atoms with Gasteiger partial charge in [0.1, 0.15) is 0 Å². The number of rotatable bonds is 7. The fourth-order valence-electron chi connectivity index (χ4n) is 5.66. The summed E-state index contributed by atoms with van der Waals surface area (Å²) >= 11 is 1.78. The first-order valence-corrected chi connectivity index (χ1v) is 13.2. The number of hydrogen-bond acceptors (Lipinski definition) is 6. The van der Waals surface area contributed by atoms with Gasteiger partial charge in [0.2, 0.25) is 0 Å². The van der Waals surface area contributed by atoms with Crippen molar-refractivity contribution in [3.63, 3.8) is 0 Å². The number of fused-ring (bicyclic) bond motifs is 2. The molecule has 0 amide bonds. The number of nitriles is 1. The van der Waals surface area contributed by atoms with E-state index in [9.17, 15) is 0 Å². The number of aryl methyl sites for hydroxylation is 1. The summed E-state index contributed by atoms with van der Waals surface area (Å²) in [6, 6.07) is 20.8. The van der Waals surface area contributed by atoms with Gasteiger partial charge in [-0.15, -0.1) is 22.6 Å². The van der Waals surface area contributed by atoms with Crippen LogP contribution in [0.2, 0.25) is 0 Å². The third-order valence-corrected chi connectivity index (χ3v) is 8.71. The van der Waals surface area contributed by atoms with Gasteiger partial charge < -0.3 is 9.47 Å². The van der Waals surface area contributed by atoms with Crippen molar-refractivity contribution in [1.82, 2.24) is 24.6 Å². The fraction of sp³-hybridized carbons (Fsp3) is 0.357. The van der Waals surface area contributed by atoms with Crippen LogP contribution < -0.4 is 0 Å². The lowest BCUT2D eigenvalue weighted by molar-refractivity contribution is 0.299. The minimum absolute atomic E-state index is 0. The molecule has 6 rings (SSSR count). The van der Waals surface area contributed by atoms with E-state index < -0.39 is 0 Å². The zero-order valence-corrected chi connectivity index (χ0v) is 22.1. The zero-order valence-electron chi connectivity index (χ0n) is 20.5. The van der Waals surface area contributed by atoms with Gasteiger partial charge in [-0.05, 0) is 62.1 Å². The smallest absolute Gasteiger partial charge is 0.191 e. The first-order valence-electron chi connectivity index (χ1n) is 12.2. The van der Waals surface area contributed by atoms with Crippen molar-refractivity contribution in [3.8, 4) is 17.5 Å². The molecule has 184 valence electrons. The van der Waals surface area contributed by atoms with Crippen LogP contribution in [0.15, 0.2) is 59.8 Å². The Kier molecular flexibility index (Phi) is 6.78. The van der Waals surface area contributed by atoms with Crippen molar-refractivity contribution in [2.45, 2.75) is 30.3 Å². The molecule has 1 aliphatic heterocycles. The van der Waals surface area contributed by atoms with Crippen LogP contribution in [-0.4, -0.2) is 50.0 Å². The summed E-state index contributed by atoms with van der Waals surface area (Å²) in [5.74, 6) is 2.67. The predicted molar refractivity (Wildman–Crippen MR) is 146 cm³/mol. The van der Waals surface area contributed by atoms with Crippen LogP contribution in [0.5, 0.6) is 0 Å². The van der Waals surface area contributed by atoms with Gasteiger partial charge in [0.05, 0.1) is 17.1 Å². The third-order valence-electron chi connectivity index (χ3n) is 7.60. The number of piperidine rings is 1. The van der Waals surface area contributed by atoms with E-state index in [4.69, 9.17) is 5.26 Å². The van der Waals surface area contributed by atoms with Gasteiger partial charge in [0.25, 0.3) is 0 Å². The number of halogens is 1. The standard InChI is InChI=1S/C28H28N6S.ClH/c1-19-7-12-23-24(5-3-6-25(23)30-19)26-31-32-27(33(26)2)35-14-4-13-34-17-22-15-28(22,18-34)21-10-8-20(16-29)9-11-21;/h3,5-12,22H,4,13-15,17-18H2,1-2H3;1H/t22-,28?;/m1./s1. The molecule has 1 unspecified atom stereocenters. The Bertz CT molecular complexity index is 1440. The molecule has 1 saturated carbocycles. The molecule has 3 heterocycles. The Morgan fingerprint density at radius 1 is 1.11 bits per heavy atom. The number of pyridine rings is 1. The molecule has 6 nitrogen and oxygen atoms in total. The molecule has 2 aromatic carbocycles. The van der Waals surface area contributed by atoms with Gasteiger partial charge in [-0.3, -0.25) is 4.98 Å². The maximum absolute atomic E-state index is 9.07. The van der Waals surface area contributed by atoms with Crippen molar-refractivity contribution < 1.29 is 0 Å². The van der Waals surface area contributed by atoms with Crippen LogP contribution in [-0.2, 0) is 12.5 Å². The van der Waals surface area contributed by atoms with E-state index in [1.54, 1.807) is 11.8 Å². The molecule has 2 aromatic heterocycles. The molecular weight excluding hydrogens is 488 g/mol. The van der Waals surface area contributed by atoms with Crippen LogP contribution in [0.25, 0.3) is 22.3 Å². The third kappa shape index (κ3) is 4.39. The lowest BCUT2D eigenvalue weighted by atomic mass is 9.94. The van der Waals surface area contributed by atoms with Crippen molar-refractivity contribution >= 4 is 35.1 Å². The minimum atomic E-state index is 0. The molecule has 0 N–H and O–H groups in total. The molecule has 1 aliphatic carbocycles. The Hall–Kier alpha value is -2.92. The van der Waals surface area contributed by atoms with Crippen LogP contribution in [0, 0.1) is 24.2 Å². The summed E-state index contributed by atoms with van der Waals surface area (Å²) in [6.45, 7) is 5.45. The molecule has 0 spiro atoms. The monoisotopic (exact) mass is 516 g/mol. The number of thioether (sulfide) groups is 1. The SMILES string of the molecule is Cc1ccc2c(-c3nnc(SCCCN4C[C@H]5CC5(c5ccc(C#N)cc5)C4)n3C)cccc2n1.Cl. The Balaban J connectivity index is 0.00000267. The number of nitrogens with zero attached hydrogens (tertiary/aromatic N) is 6. The highest BCUT2D eigenvalue weighted by Gasteiger charge is 2.60. The van der Waals surface area contributed by atoms with E-state index in [1.165, 1.54) is 18.5 Å². The second-order valence-electron chi connectivity index (χ2n) is 9.87. The number of benzene rings is 2. The Morgan fingerprint density at radius 2 is 1.94 bits per heavy atom. The second kappa shape index (κ2) is 9.85. The van der Waals surface area contributed by atoms with Crippen LogP contribution >= 0.6 is 24.2 Å². The van der Waals surface area contributed by atoms with Crippen LogP contribution in [0.1, 0.15) is 29.7 Å². The quantitative estimate of drug-likeness (QED) is 0.242. The summed E-state index contributed by atoms with van der Waals surface area (Å²) in [5.41, 5.74) is 5.55. The maximum atomic E-state index is 9.07. The Labute approximate surface area is 222 Å². The summed E-state index contributed by atoms with van der Waals surface area (Å²) in [6.07, 6.45) is 2.41. The topological polar surface area (TPSA) is 70.6 Å². The minimum Gasteiger partial charge on any atom is -0.305 e. The lowest BCUT2D eigenvalue weighted by Gasteiger charge is -2.21. The van der Waals surface area contributed by atoms with E-state index in [2.05, 4.69) is 55.0 Å². The average Bonchev–Trinajstić information content (AvgIpc) is 3.25. The Morgan fingerprint density at radius 3 is 2.75 bits per heavy atom. The predicted octanol–water partition coefficient (Wildman–Crippen LogP) is 5.39. The van der Waals surface area contributed by atoms with E-state index in [1.807, 2.05) is 44.3 Å². The van der Waals surface area contributed by atoms with Gasteiger partial charge in [0, 0.05) is 47.9 Å². The van der Waals surface area contributed by atoms with E-state index in [0.717, 1.165) is 69.9 Å². The molecule has 8 heteroatoms. The summed E-state index contributed by atoms with van der Waals surface area (Å²) in [5, 5.41) is 20.1. The second-order valence-corrected chi connectivity index (χ2v) is 10.9. The van der Waals surface area contributed by atoms with Crippen molar-refractivity contribution in [3.05, 3.63) is 71.4 Å². The van der Waals surface area contributed by atoms with Crippen LogP contribution in [0.3, 0.4) is 0 Å². The number of likely N-dealkylation sites (tertiary alicyclic amines) is 1. The molecule has 36 heavy (non-hydrogen) atoms. The highest BCUT2D eigenvalue weighted by molar-refractivity contribution is 7.99. The van der Waals surface area contributed by atoms with Gasteiger partial charge in [-0.25, -0.2) is 0 Å². The van der Waals surface area contributed by atoms with Gasteiger partial charge in [-0.2, -0.15) is 5.26 Å². The van der Waals surface area contributed by atoms with Gasteiger partial charge in [0.15, 0.2) is 11.0 Å². The molecule has 4 aromatic rings. The van der Waals surface area contributed by atoms with E-state index in [-0.39, 0.29) is 12.4 Å². The first-order chi connectivity index (χ1) is 17.1. The molecule has 0 radical (unpaired) electrons. The number of hydrogen-bond donors (Lipinski definition) is 0. The number of aromatic nitrogens is 4. The maximum Gasteiger partial charge on any atom is 0.191 e. The average molecular weight is 517 g/mol. The highest BCUT2D eigenvalue weighted by Crippen LogP contribution is 2.58. The summed E-state index contributed by atoms with van der Waals surface area (Å²) in [7, 11) is 2.05. The van der Waals surface area contributed by atoms with E-state index >= 15 is 0 Å². The molecule has 0 bridgehead atoms. The van der Waals surface area contributed by atoms with Crippen molar-refractivity contribution in [2.24, 2.45) is 13.0 Å². The van der Waals surface area contributed by atoms with Crippen LogP contribution in [0.4, 0.5) is 0 Å². The van der Waals surface area contributed by atoms with Gasteiger partial charge >= 0.3 is 0 Å². The normalized spacial score (nSPS) is 20.6. The molecule has 2 atom stereocenters. The lowest BCUT2D eigenvalue weighted by Crippen LogP contribution is -2.27. The summed E-state index contributed by atoms with van der Waals surface area (Å²) in [4.78, 5) is 7.27.